The molecule has 3 rings (SSSR count). The van der Waals surface area contributed by atoms with Crippen LogP contribution < -0.4 is 19.5 Å². The van der Waals surface area contributed by atoms with Crippen LogP contribution in [0.5, 0.6) is 17.2 Å². The third kappa shape index (κ3) is 5.44. The van der Waals surface area contributed by atoms with Crippen molar-refractivity contribution in [1.29, 1.82) is 0 Å². The van der Waals surface area contributed by atoms with Gasteiger partial charge >= 0.3 is 0 Å². The quantitative estimate of drug-likeness (QED) is 0.650. The molecule has 1 heterocycles. The smallest absolute Gasteiger partial charge is 0.253 e. The summed E-state index contributed by atoms with van der Waals surface area (Å²) >= 11 is 6.04. The van der Waals surface area contributed by atoms with Crippen LogP contribution in [-0.4, -0.2) is 75.7 Å². The fourth-order valence-electron chi connectivity index (χ4n) is 3.69. The van der Waals surface area contributed by atoms with Crippen LogP contribution in [0.1, 0.15) is 15.9 Å². The van der Waals surface area contributed by atoms with Crippen molar-refractivity contribution >= 4 is 23.4 Å². The number of benzene rings is 2. The summed E-state index contributed by atoms with van der Waals surface area (Å²) in [5.41, 5.74) is 1.34. The molecule has 0 atom stereocenters. The maximum Gasteiger partial charge on any atom is 0.253 e. The molecule has 0 unspecified atom stereocenters. The molecule has 8 nitrogen and oxygen atoms in total. The Morgan fingerprint density at radius 2 is 1.62 bits per heavy atom. The first kappa shape index (κ1) is 23.7. The zero-order chi connectivity index (χ0) is 23.1. The van der Waals surface area contributed by atoms with E-state index in [2.05, 4.69) is 10.2 Å². The van der Waals surface area contributed by atoms with Gasteiger partial charge in [0.05, 0.1) is 38.5 Å². The third-order valence-electron chi connectivity index (χ3n) is 5.42. The second kappa shape index (κ2) is 11.1. The summed E-state index contributed by atoms with van der Waals surface area (Å²) in [5.74, 6) is 1.35. The number of carbonyl (C=O) groups excluding carboxylic acids is 2. The van der Waals surface area contributed by atoms with Gasteiger partial charge in [0.25, 0.3) is 5.91 Å². The Kier molecular flexibility index (Phi) is 8.19. The molecule has 1 aliphatic heterocycles. The molecule has 0 aromatic heterocycles. The summed E-state index contributed by atoms with van der Waals surface area (Å²) in [6, 6.07) is 10.6. The SMILES string of the molecule is COc1ccc(CN2CCN(C(=O)CNC(=O)c3ccccc3Cl)CC2)c(OC)c1OC. The molecular formula is C23H28ClN3O5. The minimum absolute atomic E-state index is 0.0619. The zero-order valence-corrected chi connectivity index (χ0v) is 19.3. The van der Waals surface area contributed by atoms with Gasteiger partial charge in [-0.05, 0) is 18.2 Å². The van der Waals surface area contributed by atoms with Crippen molar-refractivity contribution in [3.63, 3.8) is 0 Å². The Bertz CT molecular complexity index is 961. The monoisotopic (exact) mass is 461 g/mol. The number of carbonyl (C=O) groups is 2. The number of rotatable bonds is 8. The van der Waals surface area contributed by atoms with Gasteiger partial charge in [0.15, 0.2) is 11.5 Å². The maximum absolute atomic E-state index is 12.5. The standard InChI is InChI=1S/C23H28ClN3O5/c1-30-19-9-8-16(21(31-2)22(19)32-3)15-26-10-12-27(13-11-26)20(28)14-25-23(29)17-6-4-5-7-18(17)24/h4-9H,10-15H2,1-3H3,(H,25,29). The van der Waals surface area contributed by atoms with Crippen LogP contribution in [0.2, 0.25) is 5.02 Å². The van der Waals surface area contributed by atoms with Gasteiger partial charge in [0.2, 0.25) is 11.7 Å². The van der Waals surface area contributed by atoms with E-state index in [1.165, 1.54) is 0 Å². The number of amides is 2. The molecule has 1 N–H and O–H groups in total. The number of nitrogens with one attached hydrogen (secondary N) is 1. The van der Waals surface area contributed by atoms with Crippen molar-refractivity contribution in [2.75, 3.05) is 54.1 Å². The topological polar surface area (TPSA) is 80.3 Å². The van der Waals surface area contributed by atoms with Crippen LogP contribution in [0, 0.1) is 0 Å². The first-order valence-corrected chi connectivity index (χ1v) is 10.7. The average Bonchev–Trinajstić information content (AvgIpc) is 2.82. The van der Waals surface area contributed by atoms with Crippen LogP contribution >= 0.6 is 11.6 Å². The number of hydrogen-bond acceptors (Lipinski definition) is 6. The number of nitrogens with zero attached hydrogens (tertiary/aromatic N) is 2. The molecule has 2 aromatic carbocycles. The Morgan fingerprint density at radius 3 is 2.25 bits per heavy atom. The van der Waals surface area contributed by atoms with Gasteiger partial charge in [0.1, 0.15) is 0 Å². The lowest BCUT2D eigenvalue weighted by molar-refractivity contribution is -0.131. The molecule has 0 aliphatic carbocycles. The Balaban J connectivity index is 1.52. The van der Waals surface area contributed by atoms with Gasteiger partial charge in [-0.25, -0.2) is 0 Å². The Morgan fingerprint density at radius 1 is 0.938 bits per heavy atom. The van der Waals surface area contributed by atoms with E-state index < -0.39 is 0 Å². The minimum atomic E-state index is -0.358. The lowest BCUT2D eigenvalue weighted by Gasteiger charge is -2.35. The number of halogens is 1. The predicted molar refractivity (Wildman–Crippen MR) is 122 cm³/mol. The normalized spacial score (nSPS) is 14.1. The molecule has 1 aliphatic rings. The van der Waals surface area contributed by atoms with E-state index in [-0.39, 0.29) is 18.4 Å². The van der Waals surface area contributed by atoms with Crippen molar-refractivity contribution < 1.29 is 23.8 Å². The number of piperazine rings is 1. The van der Waals surface area contributed by atoms with E-state index in [1.807, 2.05) is 12.1 Å². The van der Waals surface area contributed by atoms with Crippen molar-refractivity contribution in [2.24, 2.45) is 0 Å². The highest BCUT2D eigenvalue weighted by Gasteiger charge is 2.24. The molecule has 32 heavy (non-hydrogen) atoms. The molecule has 2 amide bonds. The molecule has 2 aromatic rings. The molecule has 0 radical (unpaired) electrons. The van der Waals surface area contributed by atoms with Gasteiger partial charge in [-0.2, -0.15) is 0 Å². The number of methoxy groups -OCH3 is 3. The summed E-state index contributed by atoms with van der Waals surface area (Å²) in [7, 11) is 4.78. The van der Waals surface area contributed by atoms with E-state index in [9.17, 15) is 9.59 Å². The van der Waals surface area contributed by atoms with E-state index >= 15 is 0 Å². The van der Waals surface area contributed by atoms with Crippen LogP contribution in [0.4, 0.5) is 0 Å². The summed E-state index contributed by atoms with van der Waals surface area (Å²) in [6.45, 7) is 3.18. The molecule has 1 saturated heterocycles. The highest BCUT2D eigenvalue weighted by atomic mass is 35.5. The fourth-order valence-corrected chi connectivity index (χ4v) is 3.91. The predicted octanol–water partition coefficient (Wildman–Crippen LogP) is 2.44. The van der Waals surface area contributed by atoms with Gasteiger partial charge in [0, 0.05) is 38.3 Å². The first-order valence-electron chi connectivity index (χ1n) is 10.3. The molecule has 172 valence electrons. The van der Waals surface area contributed by atoms with Gasteiger partial charge in [-0.3, -0.25) is 14.5 Å². The van der Waals surface area contributed by atoms with Gasteiger partial charge in [-0.1, -0.05) is 29.8 Å². The number of hydrogen-bond donors (Lipinski definition) is 1. The van der Waals surface area contributed by atoms with Gasteiger partial charge in [-0.15, -0.1) is 0 Å². The molecule has 0 bridgehead atoms. The van der Waals surface area contributed by atoms with Crippen molar-refractivity contribution in [3.8, 4) is 17.2 Å². The Labute approximate surface area is 193 Å². The maximum atomic E-state index is 12.5. The summed E-state index contributed by atoms with van der Waals surface area (Å²) in [6.07, 6.45) is 0. The first-order chi connectivity index (χ1) is 15.5. The highest BCUT2D eigenvalue weighted by molar-refractivity contribution is 6.33. The van der Waals surface area contributed by atoms with Crippen molar-refractivity contribution in [2.45, 2.75) is 6.54 Å². The van der Waals surface area contributed by atoms with Crippen LogP contribution in [0.3, 0.4) is 0 Å². The van der Waals surface area contributed by atoms with Gasteiger partial charge < -0.3 is 24.4 Å². The van der Waals surface area contributed by atoms with Crippen molar-refractivity contribution in [1.82, 2.24) is 15.1 Å². The lowest BCUT2D eigenvalue weighted by atomic mass is 10.1. The summed E-state index contributed by atoms with van der Waals surface area (Å²) in [5, 5.41) is 3.01. The second-order valence-electron chi connectivity index (χ2n) is 7.31. The zero-order valence-electron chi connectivity index (χ0n) is 18.5. The summed E-state index contributed by atoms with van der Waals surface area (Å²) < 4.78 is 16.4. The van der Waals surface area contributed by atoms with Crippen LogP contribution in [0.25, 0.3) is 0 Å². The minimum Gasteiger partial charge on any atom is -0.493 e. The Hall–Kier alpha value is -2.97. The summed E-state index contributed by atoms with van der Waals surface area (Å²) in [4.78, 5) is 28.8. The second-order valence-corrected chi connectivity index (χ2v) is 7.72. The molecule has 9 heteroatoms. The number of ether oxygens (including phenoxy) is 3. The van der Waals surface area contributed by atoms with Crippen LogP contribution in [-0.2, 0) is 11.3 Å². The molecular weight excluding hydrogens is 434 g/mol. The highest BCUT2D eigenvalue weighted by Crippen LogP contribution is 2.40. The van der Waals surface area contributed by atoms with E-state index in [1.54, 1.807) is 50.5 Å². The molecule has 1 fully saturated rings. The average molecular weight is 462 g/mol. The largest absolute Gasteiger partial charge is 0.493 e. The van der Waals surface area contributed by atoms with E-state index in [0.29, 0.717) is 60.6 Å². The fraction of sp³-hybridized carbons (Fsp3) is 0.391. The van der Waals surface area contributed by atoms with Crippen LogP contribution in [0.15, 0.2) is 36.4 Å². The third-order valence-corrected chi connectivity index (χ3v) is 5.75. The molecule has 0 spiro atoms. The van der Waals surface area contributed by atoms with Crippen molar-refractivity contribution in [3.05, 3.63) is 52.5 Å². The van der Waals surface area contributed by atoms with E-state index in [4.69, 9.17) is 25.8 Å². The molecule has 0 saturated carbocycles. The lowest BCUT2D eigenvalue weighted by Crippen LogP contribution is -2.50. The van der Waals surface area contributed by atoms with E-state index in [0.717, 1.165) is 5.56 Å².